The summed E-state index contributed by atoms with van der Waals surface area (Å²) in [6, 6.07) is 17.5. The second-order valence-corrected chi connectivity index (χ2v) is 7.88. The third-order valence-electron chi connectivity index (χ3n) is 5.52. The average Bonchev–Trinajstić information content (AvgIpc) is 3.25. The van der Waals surface area contributed by atoms with Crippen LogP contribution in [-0.4, -0.2) is 38.1 Å². The largest absolute Gasteiger partial charge is 0.489 e. The number of anilines is 1. The molecule has 2 heterocycles. The highest BCUT2D eigenvalue weighted by molar-refractivity contribution is 5.80. The van der Waals surface area contributed by atoms with Crippen LogP contribution in [0.1, 0.15) is 18.1 Å². The minimum Gasteiger partial charge on any atom is -0.489 e. The standard InChI is InChI=1S/C25H28N6O4/c1-4-34-15-14-31-21-22(29(2)25(33)30(3)23(21)32)27-24(31)28-26-16-18-10-12-20(13-11-18)35-17-19-8-6-5-7-9-19/h5-13,16H,4,14-15,17H2,1-3H3,(H,27,28)/b26-16+. The van der Waals surface area contributed by atoms with E-state index in [-0.39, 0.29) is 5.65 Å². The fraction of sp³-hybridized carbons (Fsp3) is 0.280. The highest BCUT2D eigenvalue weighted by Crippen LogP contribution is 2.16. The number of aryl methyl sites for hydroxylation is 1. The van der Waals surface area contributed by atoms with E-state index in [0.29, 0.717) is 37.8 Å². The number of ether oxygens (including phenoxy) is 2. The average molecular weight is 477 g/mol. The van der Waals surface area contributed by atoms with E-state index in [9.17, 15) is 9.59 Å². The number of hydrogen-bond acceptors (Lipinski definition) is 7. The van der Waals surface area contributed by atoms with Gasteiger partial charge in [-0.15, -0.1) is 0 Å². The molecule has 0 aliphatic carbocycles. The Labute approximate surface area is 202 Å². The fourth-order valence-corrected chi connectivity index (χ4v) is 3.61. The zero-order valence-electron chi connectivity index (χ0n) is 20.0. The molecule has 4 aromatic rings. The smallest absolute Gasteiger partial charge is 0.332 e. The Morgan fingerprint density at radius 3 is 2.49 bits per heavy atom. The maximum Gasteiger partial charge on any atom is 0.332 e. The summed E-state index contributed by atoms with van der Waals surface area (Å²) in [5.41, 5.74) is 4.59. The molecular formula is C25H28N6O4. The maximum absolute atomic E-state index is 12.8. The number of benzene rings is 2. The number of imidazole rings is 1. The van der Waals surface area contributed by atoms with E-state index in [4.69, 9.17) is 9.47 Å². The van der Waals surface area contributed by atoms with Crippen molar-refractivity contribution in [2.24, 2.45) is 19.2 Å². The molecule has 0 radical (unpaired) electrons. The first kappa shape index (κ1) is 24.0. The molecule has 0 spiro atoms. The van der Waals surface area contributed by atoms with Crippen LogP contribution in [0.3, 0.4) is 0 Å². The molecule has 10 heteroatoms. The van der Waals surface area contributed by atoms with Crippen molar-refractivity contribution >= 4 is 23.3 Å². The SMILES string of the molecule is CCOCCn1c(N/N=C/c2ccc(OCc3ccccc3)cc2)nc2c1c(=O)n(C)c(=O)n2C. The van der Waals surface area contributed by atoms with Gasteiger partial charge in [0.2, 0.25) is 5.95 Å². The molecule has 2 aromatic heterocycles. The summed E-state index contributed by atoms with van der Waals surface area (Å²) in [5, 5.41) is 4.29. The van der Waals surface area contributed by atoms with Gasteiger partial charge < -0.3 is 14.0 Å². The van der Waals surface area contributed by atoms with Crippen molar-refractivity contribution in [3.8, 4) is 5.75 Å². The van der Waals surface area contributed by atoms with Crippen molar-refractivity contribution in [1.82, 2.24) is 18.7 Å². The van der Waals surface area contributed by atoms with Gasteiger partial charge in [-0.05, 0) is 42.3 Å². The number of aromatic nitrogens is 4. The van der Waals surface area contributed by atoms with Crippen LogP contribution < -0.4 is 21.4 Å². The molecular weight excluding hydrogens is 448 g/mol. The summed E-state index contributed by atoms with van der Waals surface area (Å²) in [5.74, 6) is 1.10. The van der Waals surface area contributed by atoms with Gasteiger partial charge in [-0.3, -0.25) is 13.9 Å². The molecule has 10 nitrogen and oxygen atoms in total. The summed E-state index contributed by atoms with van der Waals surface area (Å²) >= 11 is 0. The second kappa shape index (κ2) is 10.8. The number of hydrogen-bond donors (Lipinski definition) is 1. The Morgan fingerprint density at radius 1 is 1.03 bits per heavy atom. The molecule has 0 aliphatic rings. The molecule has 35 heavy (non-hydrogen) atoms. The van der Waals surface area contributed by atoms with Gasteiger partial charge >= 0.3 is 5.69 Å². The Hall–Kier alpha value is -4.18. The summed E-state index contributed by atoms with van der Waals surface area (Å²) in [6.07, 6.45) is 1.64. The Balaban J connectivity index is 1.51. The maximum atomic E-state index is 12.8. The first-order valence-electron chi connectivity index (χ1n) is 11.3. The van der Waals surface area contributed by atoms with Gasteiger partial charge in [-0.1, -0.05) is 30.3 Å². The predicted molar refractivity (Wildman–Crippen MR) is 135 cm³/mol. The van der Waals surface area contributed by atoms with Crippen LogP contribution in [0.15, 0.2) is 69.3 Å². The molecule has 0 amide bonds. The van der Waals surface area contributed by atoms with E-state index in [1.165, 1.54) is 11.6 Å². The first-order valence-corrected chi connectivity index (χ1v) is 11.3. The van der Waals surface area contributed by atoms with Crippen LogP contribution in [0.25, 0.3) is 11.2 Å². The van der Waals surface area contributed by atoms with E-state index in [2.05, 4.69) is 15.5 Å². The monoisotopic (exact) mass is 476 g/mol. The highest BCUT2D eigenvalue weighted by Gasteiger charge is 2.18. The van der Waals surface area contributed by atoms with E-state index >= 15 is 0 Å². The molecule has 0 fully saturated rings. The van der Waals surface area contributed by atoms with Crippen molar-refractivity contribution < 1.29 is 9.47 Å². The number of rotatable bonds is 10. The Morgan fingerprint density at radius 2 is 1.77 bits per heavy atom. The topological polar surface area (TPSA) is 105 Å². The fourth-order valence-electron chi connectivity index (χ4n) is 3.61. The Kier molecular flexibility index (Phi) is 7.41. The van der Waals surface area contributed by atoms with Gasteiger partial charge in [0.15, 0.2) is 11.2 Å². The van der Waals surface area contributed by atoms with Gasteiger partial charge in [0, 0.05) is 27.2 Å². The quantitative estimate of drug-likeness (QED) is 0.214. The first-order chi connectivity index (χ1) is 17.0. The van der Waals surface area contributed by atoms with Crippen molar-refractivity contribution in [1.29, 1.82) is 0 Å². The minimum atomic E-state index is -0.443. The minimum absolute atomic E-state index is 0.284. The predicted octanol–water partition coefficient (Wildman–Crippen LogP) is 2.50. The lowest BCUT2D eigenvalue weighted by Crippen LogP contribution is -2.37. The molecule has 2 aromatic carbocycles. The lowest BCUT2D eigenvalue weighted by Gasteiger charge is -2.09. The van der Waals surface area contributed by atoms with Crippen LogP contribution >= 0.6 is 0 Å². The Bertz CT molecular complexity index is 1440. The van der Waals surface area contributed by atoms with Gasteiger partial charge in [0.1, 0.15) is 12.4 Å². The summed E-state index contributed by atoms with van der Waals surface area (Å²) in [7, 11) is 3.03. The molecule has 0 aliphatic heterocycles. The van der Waals surface area contributed by atoms with Gasteiger partial charge in [-0.2, -0.15) is 10.1 Å². The van der Waals surface area contributed by atoms with Crippen LogP contribution in [0.4, 0.5) is 5.95 Å². The lowest BCUT2D eigenvalue weighted by atomic mass is 10.2. The molecule has 182 valence electrons. The van der Waals surface area contributed by atoms with Crippen LogP contribution in [0, 0.1) is 0 Å². The number of hydrazone groups is 1. The number of fused-ring (bicyclic) bond motifs is 1. The molecule has 0 atom stereocenters. The lowest BCUT2D eigenvalue weighted by molar-refractivity contribution is 0.140. The number of nitrogens with zero attached hydrogens (tertiary/aromatic N) is 5. The van der Waals surface area contributed by atoms with Crippen LogP contribution in [0.2, 0.25) is 0 Å². The molecule has 0 saturated carbocycles. The summed E-state index contributed by atoms with van der Waals surface area (Å²) in [6.45, 7) is 3.71. The van der Waals surface area contributed by atoms with E-state index < -0.39 is 11.2 Å². The van der Waals surface area contributed by atoms with E-state index in [0.717, 1.165) is 21.4 Å². The van der Waals surface area contributed by atoms with E-state index in [1.807, 2.05) is 61.5 Å². The third-order valence-corrected chi connectivity index (χ3v) is 5.52. The normalized spacial score (nSPS) is 11.4. The van der Waals surface area contributed by atoms with Crippen molar-refractivity contribution in [3.05, 3.63) is 86.6 Å². The molecule has 1 N–H and O–H groups in total. The second-order valence-electron chi connectivity index (χ2n) is 7.88. The molecule has 0 unspecified atom stereocenters. The van der Waals surface area contributed by atoms with Gasteiger partial charge in [0.05, 0.1) is 12.8 Å². The molecule has 4 rings (SSSR count). The van der Waals surface area contributed by atoms with Crippen molar-refractivity contribution in [3.63, 3.8) is 0 Å². The summed E-state index contributed by atoms with van der Waals surface area (Å²) < 4.78 is 15.4. The zero-order valence-corrected chi connectivity index (χ0v) is 20.0. The van der Waals surface area contributed by atoms with E-state index in [1.54, 1.807) is 17.8 Å². The van der Waals surface area contributed by atoms with Crippen LogP contribution in [0.5, 0.6) is 5.75 Å². The highest BCUT2D eigenvalue weighted by atomic mass is 16.5. The van der Waals surface area contributed by atoms with Gasteiger partial charge in [-0.25, -0.2) is 10.2 Å². The zero-order chi connectivity index (χ0) is 24.8. The third kappa shape index (κ3) is 5.33. The molecule has 0 saturated heterocycles. The van der Waals surface area contributed by atoms with Crippen LogP contribution in [-0.2, 0) is 32.0 Å². The van der Waals surface area contributed by atoms with Gasteiger partial charge in [0.25, 0.3) is 5.56 Å². The van der Waals surface area contributed by atoms with Crippen molar-refractivity contribution in [2.75, 3.05) is 18.6 Å². The number of nitrogens with one attached hydrogen (secondary N) is 1. The summed E-state index contributed by atoms with van der Waals surface area (Å²) in [4.78, 5) is 29.6. The van der Waals surface area contributed by atoms with Crippen molar-refractivity contribution in [2.45, 2.75) is 20.1 Å². The molecule has 0 bridgehead atoms.